The Morgan fingerprint density at radius 3 is 2.31 bits per heavy atom. The molecule has 2 aromatic carbocycles. The average molecular weight is 479 g/mol. The Morgan fingerprint density at radius 2 is 1.63 bits per heavy atom. The molecule has 0 N–H and O–H groups in total. The first kappa shape index (κ1) is 24.3. The van der Waals surface area contributed by atoms with E-state index in [-0.39, 0.29) is 32.2 Å². The fourth-order valence-corrected chi connectivity index (χ4v) is 3.99. The van der Waals surface area contributed by atoms with E-state index >= 15 is 0 Å². The van der Waals surface area contributed by atoms with Gasteiger partial charge in [-0.3, -0.25) is 9.79 Å². The molecule has 0 bridgehead atoms. The molecule has 4 atom stereocenters. The van der Waals surface area contributed by atoms with Crippen molar-refractivity contribution < 1.29 is 38.1 Å². The third kappa shape index (κ3) is 5.64. The third-order valence-electron chi connectivity index (χ3n) is 5.79. The molecule has 0 aliphatic carbocycles. The maximum Gasteiger partial charge on any atom is 0.338 e. The zero-order valence-corrected chi connectivity index (χ0v) is 19.0. The topological polar surface area (TPSA) is 110 Å². The summed E-state index contributed by atoms with van der Waals surface area (Å²) in [4.78, 5) is 40.4. The van der Waals surface area contributed by atoms with Crippen molar-refractivity contribution in [2.24, 2.45) is 10.9 Å². The molecular weight excluding hydrogens is 454 g/mol. The summed E-state index contributed by atoms with van der Waals surface area (Å²) in [7, 11) is 0. The van der Waals surface area contributed by atoms with Crippen LogP contribution in [0.1, 0.15) is 20.7 Å². The molecule has 2 heterocycles. The maximum absolute atomic E-state index is 13.1. The van der Waals surface area contributed by atoms with Crippen LogP contribution in [0.2, 0.25) is 0 Å². The zero-order valence-electron chi connectivity index (χ0n) is 19.0. The van der Waals surface area contributed by atoms with E-state index in [1.165, 1.54) is 0 Å². The van der Waals surface area contributed by atoms with Gasteiger partial charge in [0.1, 0.15) is 25.1 Å². The highest BCUT2D eigenvalue weighted by Crippen LogP contribution is 2.35. The lowest BCUT2D eigenvalue weighted by Gasteiger charge is -2.17. The number of benzene rings is 2. The highest BCUT2D eigenvalue weighted by Gasteiger charge is 2.51. The van der Waals surface area contributed by atoms with Gasteiger partial charge < -0.3 is 23.7 Å². The van der Waals surface area contributed by atoms with Crippen LogP contribution in [-0.2, 0) is 23.7 Å². The highest BCUT2D eigenvalue weighted by atomic mass is 16.6. The van der Waals surface area contributed by atoms with Crippen LogP contribution in [0.5, 0.6) is 5.75 Å². The van der Waals surface area contributed by atoms with Crippen LogP contribution in [0.3, 0.4) is 0 Å². The first-order valence-electron chi connectivity index (χ1n) is 11.1. The Kier molecular flexibility index (Phi) is 7.69. The van der Waals surface area contributed by atoms with Crippen LogP contribution < -0.4 is 4.74 Å². The normalized spacial score (nSPS) is 22.6. The first-order chi connectivity index (χ1) is 17.0. The standard InChI is InChI=1S/C26H25NO8/c1-3-22(28)32-13-12-31-19-10-6-16(7-11-19)23(29)20-14-33-25-21(15-34-24(20)25)35-26(30)17-4-8-18(27-2)9-5-17/h3-11,20-21,24-25H,1-2,12-15H2. The minimum atomic E-state index is -0.603. The highest BCUT2D eigenvalue weighted by molar-refractivity contribution is 5.98. The number of ketones is 1. The van der Waals surface area contributed by atoms with Crippen LogP contribution in [-0.4, -0.2) is 69.2 Å². The molecule has 2 aromatic rings. The summed E-state index contributed by atoms with van der Waals surface area (Å²) >= 11 is 0. The van der Waals surface area contributed by atoms with E-state index < -0.39 is 36.2 Å². The molecule has 9 heteroatoms. The largest absolute Gasteiger partial charge is 0.490 e. The molecule has 4 unspecified atom stereocenters. The zero-order chi connectivity index (χ0) is 24.8. The van der Waals surface area contributed by atoms with E-state index in [1.54, 1.807) is 48.5 Å². The predicted octanol–water partition coefficient (Wildman–Crippen LogP) is 2.95. The van der Waals surface area contributed by atoms with E-state index in [0.29, 0.717) is 22.6 Å². The van der Waals surface area contributed by atoms with Crippen molar-refractivity contribution in [1.29, 1.82) is 0 Å². The molecule has 0 spiro atoms. The van der Waals surface area contributed by atoms with Crippen LogP contribution in [0.15, 0.2) is 66.2 Å². The number of nitrogens with zero attached hydrogens (tertiary/aromatic N) is 1. The summed E-state index contributed by atoms with van der Waals surface area (Å²) in [5.74, 6) is -1.10. The fourth-order valence-electron chi connectivity index (χ4n) is 3.99. The van der Waals surface area contributed by atoms with Gasteiger partial charge in [-0.1, -0.05) is 6.58 Å². The van der Waals surface area contributed by atoms with Crippen molar-refractivity contribution >= 4 is 30.1 Å². The van der Waals surface area contributed by atoms with Crippen LogP contribution in [0, 0.1) is 5.92 Å². The van der Waals surface area contributed by atoms with E-state index in [2.05, 4.69) is 18.3 Å². The number of carbonyl (C=O) groups excluding carboxylic acids is 3. The molecule has 0 saturated carbocycles. The van der Waals surface area contributed by atoms with Gasteiger partial charge in [-0.25, -0.2) is 9.59 Å². The van der Waals surface area contributed by atoms with E-state index in [1.807, 2.05) is 0 Å². The van der Waals surface area contributed by atoms with Crippen molar-refractivity contribution in [3.8, 4) is 5.75 Å². The Labute approximate surface area is 202 Å². The number of fused-ring (bicyclic) bond motifs is 1. The van der Waals surface area contributed by atoms with Gasteiger partial charge in [0.05, 0.1) is 36.5 Å². The molecular formula is C26H25NO8. The monoisotopic (exact) mass is 479 g/mol. The third-order valence-corrected chi connectivity index (χ3v) is 5.79. The number of aliphatic imine (C=N–C) groups is 1. The second-order valence-electron chi connectivity index (χ2n) is 7.96. The molecule has 0 radical (unpaired) electrons. The Morgan fingerprint density at radius 1 is 0.943 bits per heavy atom. The molecule has 2 aliphatic rings. The number of ether oxygens (including phenoxy) is 5. The number of Topliss-reactive ketones (excluding diaryl/α,β-unsaturated/α-hetero) is 1. The smallest absolute Gasteiger partial charge is 0.338 e. The van der Waals surface area contributed by atoms with E-state index in [4.69, 9.17) is 23.7 Å². The van der Waals surface area contributed by atoms with Crippen molar-refractivity contribution in [2.75, 3.05) is 26.4 Å². The molecule has 4 rings (SSSR count). The summed E-state index contributed by atoms with van der Waals surface area (Å²) in [6.45, 7) is 7.36. The Balaban J connectivity index is 1.30. The molecule has 0 aromatic heterocycles. The molecule has 182 valence electrons. The van der Waals surface area contributed by atoms with Gasteiger partial charge in [0, 0.05) is 11.6 Å². The van der Waals surface area contributed by atoms with Crippen LogP contribution in [0.25, 0.3) is 0 Å². The van der Waals surface area contributed by atoms with Crippen molar-refractivity contribution in [2.45, 2.75) is 18.3 Å². The summed E-state index contributed by atoms with van der Waals surface area (Å²) in [6, 6.07) is 13.2. The van der Waals surface area contributed by atoms with Gasteiger partial charge in [-0.05, 0) is 55.2 Å². The van der Waals surface area contributed by atoms with Crippen LogP contribution >= 0.6 is 0 Å². The van der Waals surface area contributed by atoms with Crippen molar-refractivity contribution in [3.05, 3.63) is 72.3 Å². The number of hydrogen-bond donors (Lipinski definition) is 0. The van der Waals surface area contributed by atoms with Gasteiger partial charge >= 0.3 is 11.9 Å². The number of esters is 2. The van der Waals surface area contributed by atoms with E-state index in [9.17, 15) is 14.4 Å². The predicted molar refractivity (Wildman–Crippen MR) is 125 cm³/mol. The van der Waals surface area contributed by atoms with Gasteiger partial charge in [-0.2, -0.15) is 0 Å². The first-order valence-corrected chi connectivity index (χ1v) is 11.1. The summed E-state index contributed by atoms with van der Waals surface area (Å²) in [6.07, 6.45) is -0.530. The SMILES string of the molecule is C=CC(=O)OCCOc1ccc(C(=O)C2COC3C(OC(=O)c4ccc(N=C)cc4)COC23)cc1. The Bertz CT molecular complexity index is 1100. The fraction of sp³-hybridized carbons (Fsp3) is 0.308. The quantitative estimate of drug-likeness (QED) is 0.168. The number of hydrogen-bond acceptors (Lipinski definition) is 9. The van der Waals surface area contributed by atoms with Gasteiger partial charge in [0.2, 0.25) is 0 Å². The molecule has 0 amide bonds. The number of carbonyl (C=O) groups is 3. The summed E-state index contributed by atoms with van der Waals surface area (Å²) < 4.78 is 27.6. The second-order valence-corrected chi connectivity index (χ2v) is 7.96. The minimum absolute atomic E-state index is 0.0917. The van der Waals surface area contributed by atoms with Crippen LogP contribution in [0.4, 0.5) is 5.69 Å². The molecule has 2 aliphatic heterocycles. The van der Waals surface area contributed by atoms with Gasteiger partial charge in [0.25, 0.3) is 0 Å². The summed E-state index contributed by atoms with van der Waals surface area (Å²) in [5, 5.41) is 0. The molecule has 2 saturated heterocycles. The average Bonchev–Trinajstić information content (AvgIpc) is 3.49. The summed E-state index contributed by atoms with van der Waals surface area (Å²) in [5.41, 5.74) is 1.53. The molecule has 35 heavy (non-hydrogen) atoms. The lowest BCUT2D eigenvalue weighted by Crippen LogP contribution is -2.34. The second kappa shape index (κ2) is 11.1. The lowest BCUT2D eigenvalue weighted by atomic mass is 9.92. The molecule has 9 nitrogen and oxygen atoms in total. The van der Waals surface area contributed by atoms with Gasteiger partial charge in [0.15, 0.2) is 11.9 Å². The van der Waals surface area contributed by atoms with Gasteiger partial charge in [-0.15, -0.1) is 0 Å². The Hall–Kier alpha value is -3.82. The molecule has 2 fully saturated rings. The van der Waals surface area contributed by atoms with Crippen molar-refractivity contribution in [1.82, 2.24) is 0 Å². The minimum Gasteiger partial charge on any atom is -0.490 e. The van der Waals surface area contributed by atoms with Crippen molar-refractivity contribution in [3.63, 3.8) is 0 Å². The maximum atomic E-state index is 13.1. The number of rotatable bonds is 10. The lowest BCUT2D eigenvalue weighted by molar-refractivity contribution is -0.138. The van der Waals surface area contributed by atoms with E-state index in [0.717, 1.165) is 6.08 Å².